The summed E-state index contributed by atoms with van der Waals surface area (Å²) >= 11 is 6.01. The lowest BCUT2D eigenvalue weighted by Gasteiger charge is -2.23. The van der Waals surface area contributed by atoms with Gasteiger partial charge in [0.05, 0.1) is 26.4 Å². The van der Waals surface area contributed by atoms with Crippen molar-refractivity contribution < 1.29 is 19.2 Å². The summed E-state index contributed by atoms with van der Waals surface area (Å²) in [7, 11) is 0. The Morgan fingerprint density at radius 1 is 1.18 bits per heavy atom. The molecule has 3 aromatic rings. The Kier molecular flexibility index (Phi) is 7.07. The van der Waals surface area contributed by atoms with Gasteiger partial charge in [0.15, 0.2) is 11.9 Å². The number of benzene rings is 2. The second-order valence-corrected chi connectivity index (χ2v) is 8.07. The third-order valence-electron chi connectivity index (χ3n) is 4.92. The Bertz CT molecular complexity index is 1290. The molecule has 0 aliphatic carbocycles. The Labute approximate surface area is 193 Å². The van der Waals surface area contributed by atoms with Crippen molar-refractivity contribution in [1.82, 2.24) is 15.3 Å². The minimum Gasteiger partial charge on any atom is -0.453 e. The summed E-state index contributed by atoms with van der Waals surface area (Å²) in [6.45, 7) is 4.98. The molecular weight excluding hydrogens is 452 g/mol. The number of nitro benzene ring substituents is 1. The monoisotopic (exact) mass is 472 g/mol. The molecule has 2 N–H and O–H groups in total. The van der Waals surface area contributed by atoms with E-state index in [9.17, 15) is 24.5 Å². The number of carbonyl (C=O) groups excluding carboxylic acids is 2. The van der Waals surface area contributed by atoms with Gasteiger partial charge in [-0.15, -0.1) is 0 Å². The van der Waals surface area contributed by atoms with Crippen molar-refractivity contribution in [1.29, 1.82) is 0 Å². The van der Waals surface area contributed by atoms with Crippen LogP contribution < -0.4 is 10.9 Å². The molecule has 0 saturated carbocycles. The summed E-state index contributed by atoms with van der Waals surface area (Å²) in [6.07, 6.45) is -0.893. The molecule has 2 aromatic carbocycles. The van der Waals surface area contributed by atoms with Crippen LogP contribution >= 0.6 is 11.6 Å². The van der Waals surface area contributed by atoms with E-state index in [-0.39, 0.29) is 33.6 Å². The fraction of sp³-hybridized carbons (Fsp3) is 0.273. The molecular formula is C22H21ClN4O6. The summed E-state index contributed by atoms with van der Waals surface area (Å²) in [5.41, 5.74) is -0.183. The molecule has 0 bridgehead atoms. The molecule has 0 aliphatic heterocycles. The van der Waals surface area contributed by atoms with E-state index in [1.807, 2.05) is 0 Å². The van der Waals surface area contributed by atoms with Crippen LogP contribution in [-0.4, -0.2) is 32.8 Å². The van der Waals surface area contributed by atoms with Gasteiger partial charge in [-0.05, 0) is 31.0 Å². The maximum Gasteiger partial charge on any atom is 0.329 e. The number of nitrogens with zero attached hydrogens (tertiary/aromatic N) is 2. The molecule has 0 saturated heterocycles. The van der Waals surface area contributed by atoms with E-state index in [0.717, 1.165) is 12.1 Å². The molecule has 1 unspecified atom stereocenters. The van der Waals surface area contributed by atoms with Crippen LogP contribution in [0.15, 0.2) is 47.3 Å². The van der Waals surface area contributed by atoms with Crippen LogP contribution in [0.1, 0.15) is 43.1 Å². The maximum absolute atomic E-state index is 12.8. The Morgan fingerprint density at radius 2 is 1.88 bits per heavy atom. The van der Waals surface area contributed by atoms with E-state index < -0.39 is 28.9 Å². The maximum atomic E-state index is 12.8. The number of non-ortho nitro benzene ring substituents is 1. The molecule has 2 atom stereocenters. The van der Waals surface area contributed by atoms with E-state index in [1.54, 1.807) is 45.0 Å². The van der Waals surface area contributed by atoms with Gasteiger partial charge in [-0.25, -0.2) is 9.78 Å². The highest BCUT2D eigenvalue weighted by Crippen LogP contribution is 2.23. The number of ether oxygens (including phenoxy) is 1. The molecule has 0 aliphatic rings. The van der Waals surface area contributed by atoms with Gasteiger partial charge in [0, 0.05) is 12.1 Å². The van der Waals surface area contributed by atoms with Crippen LogP contribution in [0.3, 0.4) is 0 Å². The fourth-order valence-corrected chi connectivity index (χ4v) is 3.38. The minimum atomic E-state index is -1.04. The Hall–Kier alpha value is -3.79. The SMILES string of the molecule is CC(OC(=O)[C@@H](NC(=O)c1ccc([N+](=O)[O-])cc1Cl)C(C)C)c1nc2ccccc2c(=O)[nH]1. The third kappa shape index (κ3) is 5.35. The second kappa shape index (κ2) is 9.78. The van der Waals surface area contributed by atoms with Crippen LogP contribution in [0.25, 0.3) is 10.9 Å². The summed E-state index contributed by atoms with van der Waals surface area (Å²) in [6, 6.07) is 9.14. The molecule has 11 heteroatoms. The first kappa shape index (κ1) is 23.9. The number of nitrogens with one attached hydrogen (secondary N) is 2. The number of aromatic nitrogens is 2. The van der Waals surface area contributed by atoms with E-state index in [4.69, 9.17) is 16.3 Å². The van der Waals surface area contributed by atoms with E-state index in [0.29, 0.717) is 10.9 Å². The van der Waals surface area contributed by atoms with Crippen LogP contribution in [0.2, 0.25) is 5.02 Å². The molecule has 1 amide bonds. The summed E-state index contributed by atoms with van der Waals surface area (Å²) in [4.78, 5) is 55.0. The van der Waals surface area contributed by atoms with Gasteiger partial charge in [0.2, 0.25) is 0 Å². The number of esters is 1. The number of nitro groups is 1. The number of hydrogen-bond donors (Lipinski definition) is 2. The van der Waals surface area contributed by atoms with Gasteiger partial charge in [-0.3, -0.25) is 19.7 Å². The number of aromatic amines is 1. The number of amides is 1. The highest BCUT2D eigenvalue weighted by Gasteiger charge is 2.29. The Morgan fingerprint density at radius 3 is 2.52 bits per heavy atom. The molecule has 1 aromatic heterocycles. The highest BCUT2D eigenvalue weighted by atomic mass is 35.5. The average Bonchev–Trinajstić information content (AvgIpc) is 2.76. The van der Waals surface area contributed by atoms with Crippen LogP contribution in [0.4, 0.5) is 5.69 Å². The zero-order valence-corrected chi connectivity index (χ0v) is 18.8. The first-order chi connectivity index (χ1) is 15.6. The van der Waals surface area contributed by atoms with Crippen molar-refractivity contribution in [2.75, 3.05) is 0 Å². The topological polar surface area (TPSA) is 144 Å². The van der Waals surface area contributed by atoms with Gasteiger partial charge in [0.25, 0.3) is 17.2 Å². The lowest BCUT2D eigenvalue weighted by Crippen LogP contribution is -2.45. The number of hydrogen-bond acceptors (Lipinski definition) is 7. The largest absolute Gasteiger partial charge is 0.453 e. The van der Waals surface area contributed by atoms with Crippen molar-refractivity contribution in [3.63, 3.8) is 0 Å². The lowest BCUT2D eigenvalue weighted by molar-refractivity contribution is -0.384. The van der Waals surface area contributed by atoms with Crippen molar-refractivity contribution in [3.05, 3.63) is 79.3 Å². The molecule has 3 rings (SSSR count). The predicted molar refractivity (Wildman–Crippen MR) is 121 cm³/mol. The smallest absolute Gasteiger partial charge is 0.329 e. The van der Waals surface area contributed by atoms with E-state index in [2.05, 4.69) is 15.3 Å². The first-order valence-electron chi connectivity index (χ1n) is 10.0. The number of fused-ring (bicyclic) bond motifs is 1. The van der Waals surface area contributed by atoms with Gasteiger partial charge in [-0.1, -0.05) is 37.6 Å². The third-order valence-corrected chi connectivity index (χ3v) is 5.24. The highest BCUT2D eigenvalue weighted by molar-refractivity contribution is 6.34. The van der Waals surface area contributed by atoms with Gasteiger partial charge >= 0.3 is 5.97 Å². The quantitative estimate of drug-likeness (QED) is 0.304. The number of para-hydroxylation sites is 1. The Balaban J connectivity index is 1.77. The molecule has 33 heavy (non-hydrogen) atoms. The zero-order chi connectivity index (χ0) is 24.3. The van der Waals surface area contributed by atoms with Crippen molar-refractivity contribution in [3.8, 4) is 0 Å². The average molecular weight is 473 g/mol. The fourth-order valence-electron chi connectivity index (χ4n) is 3.12. The van der Waals surface area contributed by atoms with Crippen LogP contribution in [-0.2, 0) is 9.53 Å². The van der Waals surface area contributed by atoms with Gasteiger partial charge < -0.3 is 15.0 Å². The minimum absolute atomic E-state index is 0.0192. The summed E-state index contributed by atoms with van der Waals surface area (Å²) in [5, 5.41) is 13.7. The molecule has 10 nitrogen and oxygen atoms in total. The number of halogens is 1. The van der Waals surface area contributed by atoms with E-state index in [1.165, 1.54) is 6.07 Å². The van der Waals surface area contributed by atoms with Crippen molar-refractivity contribution in [2.24, 2.45) is 5.92 Å². The summed E-state index contributed by atoms with van der Waals surface area (Å²) < 4.78 is 5.47. The van der Waals surface area contributed by atoms with Crippen molar-refractivity contribution in [2.45, 2.75) is 32.9 Å². The number of carbonyl (C=O) groups is 2. The zero-order valence-electron chi connectivity index (χ0n) is 18.0. The van der Waals surface area contributed by atoms with Crippen molar-refractivity contribution >= 4 is 40.1 Å². The van der Waals surface area contributed by atoms with Gasteiger partial charge in [-0.2, -0.15) is 0 Å². The molecule has 0 radical (unpaired) electrons. The molecule has 172 valence electrons. The van der Waals surface area contributed by atoms with Crippen LogP contribution in [0.5, 0.6) is 0 Å². The predicted octanol–water partition coefficient (Wildman–Crippen LogP) is 3.54. The summed E-state index contributed by atoms with van der Waals surface area (Å²) in [5.74, 6) is -1.61. The standard InChI is InChI=1S/C22H21ClN4O6/c1-11(2)18(25-20(28)14-9-8-13(27(31)32)10-16(14)23)22(30)33-12(3)19-24-17-7-5-4-6-15(17)21(29)26-19/h4-12,18H,1-3H3,(H,25,28)(H,24,26,29)/t12?,18-/m0/s1. The molecule has 0 spiro atoms. The normalized spacial score (nSPS) is 12.9. The van der Waals surface area contributed by atoms with Gasteiger partial charge in [0.1, 0.15) is 6.04 Å². The molecule has 1 heterocycles. The second-order valence-electron chi connectivity index (χ2n) is 7.66. The van der Waals surface area contributed by atoms with Crippen LogP contribution in [0, 0.1) is 16.0 Å². The number of rotatable bonds is 7. The lowest BCUT2D eigenvalue weighted by atomic mass is 10.0. The first-order valence-corrected chi connectivity index (χ1v) is 10.4. The molecule has 0 fully saturated rings. The number of H-pyrrole nitrogens is 1. The van der Waals surface area contributed by atoms with E-state index >= 15 is 0 Å².